The highest BCUT2D eigenvalue weighted by Gasteiger charge is 2.12. The summed E-state index contributed by atoms with van der Waals surface area (Å²) >= 11 is 0. The summed E-state index contributed by atoms with van der Waals surface area (Å²) < 4.78 is 0. The first kappa shape index (κ1) is 15.2. The van der Waals surface area contributed by atoms with Crippen LogP contribution >= 0.6 is 0 Å². The minimum absolute atomic E-state index is 0.168. The van der Waals surface area contributed by atoms with Crippen LogP contribution in [0.25, 0.3) is 0 Å². The van der Waals surface area contributed by atoms with Gasteiger partial charge in [-0.05, 0) is 6.92 Å². The Hall–Kier alpha value is -1.24. The molecule has 2 atom stereocenters. The minimum Gasteiger partial charge on any atom is -0.394 e. The number of aliphatic hydroxyl groups is 3. The standard InChI is InChI=1S/C4H7NO.C4H8O4/c1-3(2)4(5)6;5-1-3(7)4(8)2-6/h1H2,2H3,(H2,5,6);1,3-4,6-8H,2H2/t;3-,4+/m.0/s1. The minimum atomic E-state index is -1.46. The lowest BCUT2D eigenvalue weighted by Gasteiger charge is -2.06. The third-order valence-electron chi connectivity index (χ3n) is 1.14. The molecule has 0 spiro atoms. The summed E-state index contributed by atoms with van der Waals surface area (Å²) in [6, 6.07) is 0. The maximum Gasteiger partial charge on any atom is 0.243 e. The zero-order chi connectivity index (χ0) is 11.7. The molecule has 0 radical (unpaired) electrons. The van der Waals surface area contributed by atoms with Crippen molar-refractivity contribution in [3.8, 4) is 0 Å². The van der Waals surface area contributed by atoms with Crippen LogP contribution in [0.4, 0.5) is 0 Å². The molecule has 0 unspecified atom stereocenters. The highest BCUT2D eigenvalue weighted by Crippen LogP contribution is 1.85. The van der Waals surface area contributed by atoms with Crippen LogP contribution < -0.4 is 5.73 Å². The number of nitrogens with two attached hydrogens (primary N) is 1. The summed E-state index contributed by atoms with van der Waals surface area (Å²) in [5, 5.41) is 24.8. The van der Waals surface area contributed by atoms with Crippen molar-refractivity contribution < 1.29 is 24.9 Å². The molecule has 0 fully saturated rings. The topological polar surface area (TPSA) is 121 Å². The number of rotatable bonds is 4. The summed E-state index contributed by atoms with van der Waals surface area (Å²) in [5.41, 5.74) is 5.09. The smallest absolute Gasteiger partial charge is 0.243 e. The van der Waals surface area contributed by atoms with E-state index in [4.69, 9.17) is 21.1 Å². The van der Waals surface area contributed by atoms with Crippen molar-refractivity contribution in [3.63, 3.8) is 0 Å². The summed E-state index contributed by atoms with van der Waals surface area (Å²) in [7, 11) is 0. The van der Waals surface area contributed by atoms with Crippen LogP contribution in [0.5, 0.6) is 0 Å². The second kappa shape index (κ2) is 8.36. The lowest BCUT2D eigenvalue weighted by molar-refractivity contribution is -0.121. The molecule has 0 saturated carbocycles. The molecular weight excluding hydrogens is 190 g/mol. The fraction of sp³-hybridized carbons (Fsp3) is 0.500. The lowest BCUT2D eigenvalue weighted by atomic mass is 10.2. The number of amides is 1. The van der Waals surface area contributed by atoms with Gasteiger partial charge < -0.3 is 25.8 Å². The average Bonchev–Trinajstić information content (AvgIpc) is 2.16. The molecule has 0 rings (SSSR count). The van der Waals surface area contributed by atoms with E-state index in [1.807, 2.05) is 0 Å². The fourth-order valence-electron chi connectivity index (χ4n) is 0.199. The normalized spacial score (nSPS) is 13.1. The molecule has 6 nitrogen and oxygen atoms in total. The molecular formula is C8H15NO5. The number of primary amides is 1. The molecule has 0 heterocycles. The maximum absolute atomic E-state index is 9.82. The quantitative estimate of drug-likeness (QED) is 0.311. The van der Waals surface area contributed by atoms with Crippen molar-refractivity contribution >= 4 is 12.2 Å². The molecule has 0 bridgehead atoms. The largest absolute Gasteiger partial charge is 0.394 e. The summed E-state index contributed by atoms with van der Waals surface area (Å²) in [4.78, 5) is 19.4. The van der Waals surface area contributed by atoms with Crippen molar-refractivity contribution in [2.45, 2.75) is 19.1 Å². The first-order chi connectivity index (χ1) is 6.36. The van der Waals surface area contributed by atoms with Gasteiger partial charge >= 0.3 is 0 Å². The van der Waals surface area contributed by atoms with Crippen LogP contribution in [-0.4, -0.2) is 46.3 Å². The average molecular weight is 205 g/mol. The van der Waals surface area contributed by atoms with Crippen molar-refractivity contribution in [1.82, 2.24) is 0 Å². The molecule has 0 saturated heterocycles. The molecule has 0 aromatic heterocycles. The summed E-state index contributed by atoms with van der Waals surface area (Å²) in [6.45, 7) is 4.25. The van der Waals surface area contributed by atoms with Gasteiger partial charge in [0, 0.05) is 5.57 Å². The zero-order valence-electron chi connectivity index (χ0n) is 7.88. The molecule has 0 aromatic rings. The third kappa shape index (κ3) is 8.85. The van der Waals surface area contributed by atoms with E-state index < -0.39 is 24.7 Å². The van der Waals surface area contributed by atoms with Crippen LogP contribution in [0, 0.1) is 0 Å². The van der Waals surface area contributed by atoms with E-state index in [9.17, 15) is 9.59 Å². The highest BCUT2D eigenvalue weighted by molar-refractivity contribution is 5.90. The molecule has 82 valence electrons. The number of aldehydes is 1. The fourth-order valence-corrected chi connectivity index (χ4v) is 0.199. The van der Waals surface area contributed by atoms with Gasteiger partial charge in [0.2, 0.25) is 5.91 Å². The summed E-state index contributed by atoms with van der Waals surface area (Å²) in [5.74, 6) is -0.435. The van der Waals surface area contributed by atoms with Crippen molar-refractivity contribution in [3.05, 3.63) is 12.2 Å². The SMILES string of the molecule is C=C(C)C(N)=O.O=C[C@H](O)[C@H](O)CO. The van der Waals surface area contributed by atoms with E-state index in [0.717, 1.165) is 0 Å². The predicted octanol–water partition coefficient (Wildman–Crippen LogP) is -2.05. The van der Waals surface area contributed by atoms with Gasteiger partial charge in [0.25, 0.3) is 0 Å². The van der Waals surface area contributed by atoms with Crippen LogP contribution in [0.1, 0.15) is 6.92 Å². The second-order valence-electron chi connectivity index (χ2n) is 2.52. The maximum atomic E-state index is 9.82. The van der Waals surface area contributed by atoms with E-state index in [1.54, 1.807) is 6.92 Å². The Labute approximate surface area is 81.7 Å². The van der Waals surface area contributed by atoms with Gasteiger partial charge in [-0.2, -0.15) is 0 Å². The number of hydrogen-bond donors (Lipinski definition) is 4. The number of hydrogen-bond acceptors (Lipinski definition) is 5. The predicted molar refractivity (Wildman–Crippen MR) is 49.2 cm³/mol. The van der Waals surface area contributed by atoms with Crippen molar-refractivity contribution in [2.75, 3.05) is 6.61 Å². The van der Waals surface area contributed by atoms with Crippen LogP contribution in [0.15, 0.2) is 12.2 Å². The summed E-state index contributed by atoms with van der Waals surface area (Å²) in [6.07, 6.45) is -2.63. The van der Waals surface area contributed by atoms with Crippen LogP contribution in [0.2, 0.25) is 0 Å². The molecule has 0 aliphatic rings. The van der Waals surface area contributed by atoms with Crippen LogP contribution in [0.3, 0.4) is 0 Å². The lowest BCUT2D eigenvalue weighted by Crippen LogP contribution is -2.30. The Bertz CT molecular complexity index is 192. The molecule has 5 N–H and O–H groups in total. The van der Waals surface area contributed by atoms with Crippen LogP contribution in [-0.2, 0) is 9.59 Å². The van der Waals surface area contributed by atoms with Gasteiger partial charge in [0.05, 0.1) is 6.61 Å². The Kier molecular flexibility index (Phi) is 9.10. The molecule has 6 heteroatoms. The van der Waals surface area contributed by atoms with Gasteiger partial charge in [-0.1, -0.05) is 6.58 Å². The van der Waals surface area contributed by atoms with Gasteiger partial charge in [-0.3, -0.25) is 4.79 Å². The molecule has 0 aliphatic carbocycles. The second-order valence-corrected chi connectivity index (χ2v) is 2.52. The third-order valence-corrected chi connectivity index (χ3v) is 1.14. The van der Waals surface area contributed by atoms with Gasteiger partial charge in [-0.25, -0.2) is 0 Å². The molecule has 0 aromatic carbocycles. The van der Waals surface area contributed by atoms with Crippen molar-refractivity contribution in [2.24, 2.45) is 5.73 Å². The van der Waals surface area contributed by atoms with Gasteiger partial charge in [0.15, 0.2) is 6.29 Å². The Balaban J connectivity index is 0. The zero-order valence-corrected chi connectivity index (χ0v) is 7.88. The highest BCUT2D eigenvalue weighted by atomic mass is 16.4. The van der Waals surface area contributed by atoms with Gasteiger partial charge in [0.1, 0.15) is 12.2 Å². The molecule has 0 aliphatic heterocycles. The Morgan fingerprint density at radius 1 is 1.57 bits per heavy atom. The number of aliphatic hydroxyl groups excluding tert-OH is 3. The molecule has 1 amide bonds. The number of carbonyl (C=O) groups excluding carboxylic acids is 2. The first-order valence-electron chi connectivity index (χ1n) is 3.74. The van der Waals surface area contributed by atoms with Gasteiger partial charge in [-0.15, -0.1) is 0 Å². The Morgan fingerprint density at radius 3 is 2.00 bits per heavy atom. The Morgan fingerprint density at radius 2 is 1.93 bits per heavy atom. The first-order valence-corrected chi connectivity index (χ1v) is 3.74. The van der Waals surface area contributed by atoms with Crippen molar-refractivity contribution in [1.29, 1.82) is 0 Å². The van der Waals surface area contributed by atoms with E-state index in [2.05, 4.69) is 6.58 Å². The van der Waals surface area contributed by atoms with E-state index in [-0.39, 0.29) is 6.29 Å². The van der Waals surface area contributed by atoms with E-state index >= 15 is 0 Å². The number of carbonyl (C=O) groups is 2. The molecule has 14 heavy (non-hydrogen) atoms. The van der Waals surface area contributed by atoms with E-state index in [0.29, 0.717) is 5.57 Å². The monoisotopic (exact) mass is 205 g/mol. The van der Waals surface area contributed by atoms with E-state index in [1.165, 1.54) is 0 Å².